The minimum atomic E-state index is -0.0508. The number of aromatic nitrogens is 1. The molecule has 2 fully saturated rings. The Morgan fingerprint density at radius 2 is 1.88 bits per heavy atom. The fourth-order valence-corrected chi connectivity index (χ4v) is 4.67. The van der Waals surface area contributed by atoms with Crippen LogP contribution in [0.25, 0.3) is 10.9 Å². The van der Waals surface area contributed by atoms with Crippen molar-refractivity contribution in [2.75, 3.05) is 37.7 Å². The van der Waals surface area contributed by atoms with Crippen LogP contribution < -0.4 is 0 Å². The second-order valence-electron chi connectivity index (χ2n) is 6.80. The zero-order valence-corrected chi connectivity index (χ0v) is 15.1. The molecule has 0 aliphatic carbocycles. The first-order chi connectivity index (χ1) is 12.2. The Morgan fingerprint density at radius 3 is 2.68 bits per heavy atom. The standard InChI is InChI=1S/C19H23N3O2S/c23-18(21-8-10-25-11-9-21)15-5-3-7-22(13-15)19(24)17-12-14-4-1-2-6-16(14)20-17/h1-2,4,6,12,15,20H,3,5,7-11,13H2/t15-/m0/s1. The van der Waals surface area contributed by atoms with Gasteiger partial charge in [0.25, 0.3) is 5.91 Å². The number of fused-ring (bicyclic) bond motifs is 1. The molecule has 4 rings (SSSR count). The number of benzene rings is 1. The maximum Gasteiger partial charge on any atom is 0.270 e. The molecule has 5 nitrogen and oxygen atoms in total. The smallest absolute Gasteiger partial charge is 0.270 e. The van der Waals surface area contributed by atoms with Crippen LogP contribution in [-0.2, 0) is 4.79 Å². The van der Waals surface area contributed by atoms with Crippen LogP contribution in [0.2, 0.25) is 0 Å². The summed E-state index contributed by atoms with van der Waals surface area (Å²) >= 11 is 1.90. The number of nitrogens with zero attached hydrogens (tertiary/aromatic N) is 2. The van der Waals surface area contributed by atoms with Crippen molar-refractivity contribution in [2.24, 2.45) is 5.92 Å². The molecule has 1 aromatic heterocycles. The van der Waals surface area contributed by atoms with Gasteiger partial charge in [0, 0.05) is 48.6 Å². The van der Waals surface area contributed by atoms with Crippen LogP contribution in [0.1, 0.15) is 23.3 Å². The quantitative estimate of drug-likeness (QED) is 0.899. The first-order valence-corrected chi connectivity index (χ1v) is 10.1. The topological polar surface area (TPSA) is 56.4 Å². The van der Waals surface area contributed by atoms with Crippen molar-refractivity contribution in [2.45, 2.75) is 12.8 Å². The van der Waals surface area contributed by atoms with E-state index in [1.165, 1.54) is 0 Å². The van der Waals surface area contributed by atoms with E-state index in [9.17, 15) is 9.59 Å². The summed E-state index contributed by atoms with van der Waals surface area (Å²) < 4.78 is 0. The lowest BCUT2D eigenvalue weighted by Gasteiger charge is -2.36. The summed E-state index contributed by atoms with van der Waals surface area (Å²) in [5, 5.41) is 1.04. The number of rotatable bonds is 2. The molecule has 3 heterocycles. The van der Waals surface area contributed by atoms with E-state index in [4.69, 9.17) is 0 Å². The van der Waals surface area contributed by atoms with Crippen molar-refractivity contribution in [3.05, 3.63) is 36.0 Å². The lowest BCUT2D eigenvalue weighted by molar-refractivity contribution is -0.136. The number of aromatic amines is 1. The third-order valence-electron chi connectivity index (χ3n) is 5.14. The number of carbonyl (C=O) groups excluding carboxylic acids is 2. The van der Waals surface area contributed by atoms with E-state index in [2.05, 4.69) is 4.98 Å². The van der Waals surface area contributed by atoms with Crippen LogP contribution >= 0.6 is 11.8 Å². The molecule has 1 atom stereocenters. The van der Waals surface area contributed by atoms with Crippen molar-refractivity contribution >= 4 is 34.5 Å². The summed E-state index contributed by atoms with van der Waals surface area (Å²) in [6.07, 6.45) is 1.78. The van der Waals surface area contributed by atoms with E-state index in [1.54, 1.807) is 0 Å². The Labute approximate surface area is 151 Å². The van der Waals surface area contributed by atoms with Gasteiger partial charge in [-0.3, -0.25) is 9.59 Å². The van der Waals surface area contributed by atoms with Crippen molar-refractivity contribution in [3.8, 4) is 0 Å². The third-order valence-corrected chi connectivity index (χ3v) is 6.08. The first kappa shape index (κ1) is 16.5. The van der Waals surface area contributed by atoms with E-state index < -0.39 is 0 Å². The number of H-pyrrole nitrogens is 1. The van der Waals surface area contributed by atoms with E-state index >= 15 is 0 Å². The summed E-state index contributed by atoms with van der Waals surface area (Å²) in [6.45, 7) is 2.95. The number of amides is 2. The monoisotopic (exact) mass is 357 g/mol. The number of thioether (sulfide) groups is 1. The van der Waals surface area contributed by atoms with Crippen molar-refractivity contribution < 1.29 is 9.59 Å². The minimum absolute atomic E-state index is 0.00268. The van der Waals surface area contributed by atoms with Gasteiger partial charge in [0.15, 0.2) is 0 Å². The fraction of sp³-hybridized carbons (Fsp3) is 0.474. The van der Waals surface area contributed by atoms with Crippen molar-refractivity contribution in [1.82, 2.24) is 14.8 Å². The predicted molar refractivity (Wildman–Crippen MR) is 101 cm³/mol. The van der Waals surface area contributed by atoms with E-state index in [-0.39, 0.29) is 17.7 Å². The molecule has 132 valence electrons. The zero-order valence-electron chi connectivity index (χ0n) is 14.2. The molecule has 2 aliphatic rings. The number of carbonyl (C=O) groups is 2. The Balaban J connectivity index is 1.46. The maximum absolute atomic E-state index is 12.9. The van der Waals surface area contributed by atoms with Gasteiger partial charge in [-0.05, 0) is 25.0 Å². The van der Waals surface area contributed by atoms with Crippen LogP contribution in [0.4, 0.5) is 0 Å². The van der Waals surface area contributed by atoms with E-state index in [0.717, 1.165) is 54.9 Å². The Kier molecular flexibility index (Phi) is 4.70. The number of likely N-dealkylation sites (tertiary alicyclic amines) is 1. The molecule has 0 unspecified atom stereocenters. The van der Waals surface area contributed by atoms with Gasteiger partial charge in [0.05, 0.1) is 5.92 Å². The maximum atomic E-state index is 12.9. The average Bonchev–Trinajstić information content (AvgIpc) is 3.12. The molecule has 0 saturated carbocycles. The third kappa shape index (κ3) is 3.40. The Bertz CT molecular complexity index is 749. The number of para-hydroxylation sites is 1. The molecule has 2 aliphatic heterocycles. The molecule has 25 heavy (non-hydrogen) atoms. The molecular formula is C19H23N3O2S. The van der Waals surface area contributed by atoms with Gasteiger partial charge in [-0.1, -0.05) is 18.2 Å². The SMILES string of the molecule is O=C(c1cc2ccccc2[nH]1)N1CCC[C@H](C(=O)N2CCSCC2)C1. The van der Waals surface area contributed by atoms with E-state index in [0.29, 0.717) is 12.2 Å². The molecule has 0 spiro atoms. The molecule has 0 bridgehead atoms. The zero-order chi connectivity index (χ0) is 17.2. The predicted octanol–water partition coefficient (Wildman–Crippen LogP) is 2.60. The number of nitrogens with one attached hydrogen (secondary N) is 1. The van der Waals surface area contributed by atoms with Gasteiger partial charge < -0.3 is 14.8 Å². The minimum Gasteiger partial charge on any atom is -0.351 e. The van der Waals surface area contributed by atoms with Crippen LogP contribution in [-0.4, -0.2) is 64.3 Å². The molecule has 1 N–H and O–H groups in total. The van der Waals surface area contributed by atoms with Crippen molar-refractivity contribution in [3.63, 3.8) is 0 Å². The summed E-state index contributed by atoms with van der Waals surface area (Å²) in [7, 11) is 0. The van der Waals surface area contributed by atoms with Gasteiger partial charge in [-0.15, -0.1) is 0 Å². The fourth-order valence-electron chi connectivity index (χ4n) is 3.76. The number of hydrogen-bond donors (Lipinski definition) is 1. The van der Waals surface area contributed by atoms with Gasteiger partial charge in [-0.25, -0.2) is 0 Å². The second kappa shape index (κ2) is 7.12. The molecule has 6 heteroatoms. The average molecular weight is 357 g/mol. The highest BCUT2D eigenvalue weighted by Crippen LogP contribution is 2.23. The molecule has 2 saturated heterocycles. The highest BCUT2D eigenvalue weighted by molar-refractivity contribution is 7.99. The van der Waals surface area contributed by atoms with Crippen molar-refractivity contribution in [1.29, 1.82) is 0 Å². The molecular weight excluding hydrogens is 334 g/mol. The van der Waals surface area contributed by atoms with E-state index in [1.807, 2.05) is 51.9 Å². The lowest BCUT2D eigenvalue weighted by atomic mass is 9.96. The Hall–Kier alpha value is -1.95. The van der Waals surface area contributed by atoms with Crippen LogP contribution in [0.3, 0.4) is 0 Å². The van der Waals surface area contributed by atoms with Gasteiger partial charge in [-0.2, -0.15) is 11.8 Å². The molecule has 2 amide bonds. The summed E-state index contributed by atoms with van der Waals surface area (Å²) in [5.41, 5.74) is 1.59. The summed E-state index contributed by atoms with van der Waals surface area (Å²) in [4.78, 5) is 32.7. The first-order valence-electron chi connectivity index (χ1n) is 8.96. The van der Waals surface area contributed by atoms with Crippen LogP contribution in [0, 0.1) is 5.92 Å². The molecule has 0 radical (unpaired) electrons. The summed E-state index contributed by atoms with van der Waals surface area (Å²) in [5.74, 6) is 2.23. The highest BCUT2D eigenvalue weighted by Gasteiger charge is 2.32. The lowest BCUT2D eigenvalue weighted by Crippen LogP contribution is -2.48. The van der Waals surface area contributed by atoms with Gasteiger partial charge in [0.2, 0.25) is 5.91 Å². The van der Waals surface area contributed by atoms with Gasteiger partial charge >= 0.3 is 0 Å². The van der Waals surface area contributed by atoms with Gasteiger partial charge in [0.1, 0.15) is 5.69 Å². The molecule has 2 aromatic rings. The summed E-state index contributed by atoms with van der Waals surface area (Å²) in [6, 6.07) is 9.81. The normalized spacial score (nSPS) is 21.5. The Morgan fingerprint density at radius 1 is 1.08 bits per heavy atom. The van der Waals surface area contributed by atoms with Crippen LogP contribution in [0.5, 0.6) is 0 Å². The molecule has 1 aromatic carbocycles. The highest BCUT2D eigenvalue weighted by atomic mass is 32.2. The number of piperidine rings is 1. The number of hydrogen-bond acceptors (Lipinski definition) is 3. The largest absolute Gasteiger partial charge is 0.351 e. The van der Waals surface area contributed by atoms with Crippen LogP contribution in [0.15, 0.2) is 30.3 Å². The second-order valence-corrected chi connectivity index (χ2v) is 8.02.